The predicted octanol–water partition coefficient (Wildman–Crippen LogP) is 0.324. The summed E-state index contributed by atoms with van der Waals surface area (Å²) in [4.78, 5) is 13.8. The van der Waals surface area contributed by atoms with Crippen LogP contribution in [0.2, 0.25) is 0 Å². The summed E-state index contributed by atoms with van der Waals surface area (Å²) in [5.74, 6) is -0.0560. The lowest BCUT2D eigenvalue weighted by Gasteiger charge is -2.29. The Kier molecular flexibility index (Phi) is 5.05. The quantitative estimate of drug-likeness (QED) is 0.707. The van der Waals surface area contributed by atoms with E-state index in [0.29, 0.717) is 0 Å². The van der Waals surface area contributed by atoms with Crippen molar-refractivity contribution in [3.63, 3.8) is 0 Å². The molecule has 2 atom stereocenters. The van der Waals surface area contributed by atoms with Gasteiger partial charge in [-0.25, -0.2) is 0 Å². The second-order valence-corrected chi connectivity index (χ2v) is 4.56. The number of hydrogen-bond donors (Lipinski definition) is 2. The van der Waals surface area contributed by atoms with Gasteiger partial charge < -0.3 is 16.0 Å². The molecule has 1 aliphatic heterocycles. The van der Waals surface area contributed by atoms with Gasteiger partial charge in [0, 0.05) is 12.6 Å². The Morgan fingerprint density at radius 1 is 1.33 bits per heavy atom. The van der Waals surface area contributed by atoms with Gasteiger partial charge in [-0.1, -0.05) is 6.42 Å². The number of nitrogens with zero attached hydrogens (tertiary/aromatic N) is 1. The Bertz CT molecular complexity index is 200. The minimum Gasteiger partial charge on any atom is -0.351 e. The number of amides is 1. The van der Waals surface area contributed by atoms with Crippen LogP contribution in [0.15, 0.2) is 0 Å². The van der Waals surface area contributed by atoms with Crippen LogP contribution in [0.25, 0.3) is 0 Å². The summed E-state index contributed by atoms with van der Waals surface area (Å²) in [5.41, 5.74) is 5.49. The van der Waals surface area contributed by atoms with Crippen LogP contribution >= 0.6 is 0 Å². The Morgan fingerprint density at radius 2 is 1.93 bits per heavy atom. The first-order valence-electron chi connectivity index (χ1n) is 5.88. The van der Waals surface area contributed by atoms with E-state index >= 15 is 0 Å². The molecule has 88 valence electrons. The van der Waals surface area contributed by atoms with E-state index in [4.69, 9.17) is 5.73 Å². The van der Waals surface area contributed by atoms with Crippen molar-refractivity contribution in [2.45, 2.75) is 45.2 Å². The number of rotatable bonds is 4. The smallest absolute Gasteiger partial charge is 0.236 e. The first-order chi connectivity index (χ1) is 7.09. The third kappa shape index (κ3) is 4.62. The van der Waals surface area contributed by atoms with E-state index in [1.165, 1.54) is 32.4 Å². The van der Waals surface area contributed by atoms with Crippen molar-refractivity contribution in [1.29, 1.82) is 0 Å². The molecule has 0 aromatic carbocycles. The fourth-order valence-corrected chi connectivity index (χ4v) is 1.95. The molecule has 15 heavy (non-hydrogen) atoms. The maximum Gasteiger partial charge on any atom is 0.236 e. The summed E-state index contributed by atoms with van der Waals surface area (Å²) < 4.78 is 0. The summed E-state index contributed by atoms with van der Waals surface area (Å²) in [5, 5.41) is 2.92. The highest BCUT2D eigenvalue weighted by Gasteiger charge is 2.15. The second kappa shape index (κ2) is 6.08. The number of likely N-dealkylation sites (tertiary alicyclic amines) is 1. The molecule has 0 aromatic heterocycles. The minimum absolute atomic E-state index is 0.0560. The van der Waals surface area contributed by atoms with Crippen LogP contribution in [-0.2, 0) is 4.79 Å². The van der Waals surface area contributed by atoms with Gasteiger partial charge in [0.05, 0.1) is 6.04 Å². The van der Waals surface area contributed by atoms with Crippen molar-refractivity contribution in [1.82, 2.24) is 10.2 Å². The van der Waals surface area contributed by atoms with Gasteiger partial charge in [0.1, 0.15) is 0 Å². The first kappa shape index (κ1) is 12.5. The number of carbonyl (C=O) groups excluding carboxylic acids is 1. The normalized spacial score (nSPS) is 22.1. The van der Waals surface area contributed by atoms with Crippen molar-refractivity contribution in [3.8, 4) is 0 Å². The number of carbonyl (C=O) groups is 1. The molecule has 3 N–H and O–H groups in total. The van der Waals surface area contributed by atoms with Gasteiger partial charge in [0.2, 0.25) is 5.91 Å². The fourth-order valence-electron chi connectivity index (χ4n) is 1.95. The maximum absolute atomic E-state index is 11.3. The van der Waals surface area contributed by atoms with Gasteiger partial charge in [-0.3, -0.25) is 4.79 Å². The summed E-state index contributed by atoms with van der Waals surface area (Å²) in [6, 6.07) is -0.213. The Labute approximate surface area is 92.2 Å². The molecule has 0 radical (unpaired) electrons. The zero-order valence-corrected chi connectivity index (χ0v) is 9.83. The maximum atomic E-state index is 11.3. The van der Waals surface area contributed by atoms with Gasteiger partial charge in [-0.05, 0) is 39.8 Å². The van der Waals surface area contributed by atoms with E-state index in [-0.39, 0.29) is 11.9 Å². The molecule has 0 aromatic rings. The van der Waals surface area contributed by atoms with Crippen LogP contribution in [0, 0.1) is 0 Å². The van der Waals surface area contributed by atoms with Crippen LogP contribution in [0.4, 0.5) is 0 Å². The highest BCUT2D eigenvalue weighted by molar-refractivity contribution is 5.81. The lowest BCUT2D eigenvalue weighted by Crippen LogP contribution is -2.48. The van der Waals surface area contributed by atoms with Gasteiger partial charge in [0.25, 0.3) is 0 Å². The highest BCUT2D eigenvalue weighted by Crippen LogP contribution is 2.08. The molecule has 0 aliphatic carbocycles. The van der Waals surface area contributed by atoms with Crippen molar-refractivity contribution in [2.75, 3.05) is 19.6 Å². The monoisotopic (exact) mass is 213 g/mol. The molecule has 4 nitrogen and oxygen atoms in total. The molecule has 4 heteroatoms. The highest BCUT2D eigenvalue weighted by atomic mass is 16.2. The van der Waals surface area contributed by atoms with Crippen LogP contribution in [0.1, 0.15) is 33.1 Å². The lowest BCUT2D eigenvalue weighted by atomic mass is 10.1. The van der Waals surface area contributed by atoms with E-state index in [0.717, 1.165) is 6.54 Å². The zero-order valence-electron chi connectivity index (χ0n) is 9.83. The number of hydrogen-bond acceptors (Lipinski definition) is 3. The average Bonchev–Trinajstić information content (AvgIpc) is 2.18. The molecule has 1 amide bonds. The molecule has 0 bridgehead atoms. The van der Waals surface area contributed by atoms with Crippen molar-refractivity contribution in [3.05, 3.63) is 0 Å². The SMILES string of the molecule is CC(CN1CCCCC1)NC(=O)C(C)N. The van der Waals surface area contributed by atoms with Gasteiger partial charge in [0.15, 0.2) is 0 Å². The van der Waals surface area contributed by atoms with E-state index < -0.39 is 6.04 Å². The molecule has 0 spiro atoms. The van der Waals surface area contributed by atoms with Crippen molar-refractivity contribution < 1.29 is 4.79 Å². The Balaban J connectivity index is 2.22. The molecule has 2 unspecified atom stereocenters. The minimum atomic E-state index is -0.409. The third-order valence-electron chi connectivity index (χ3n) is 2.78. The largest absolute Gasteiger partial charge is 0.351 e. The van der Waals surface area contributed by atoms with E-state index in [1.807, 2.05) is 6.92 Å². The first-order valence-corrected chi connectivity index (χ1v) is 5.88. The molecule has 1 aliphatic rings. The van der Waals surface area contributed by atoms with Crippen molar-refractivity contribution in [2.24, 2.45) is 5.73 Å². The molecule has 0 saturated carbocycles. The third-order valence-corrected chi connectivity index (χ3v) is 2.78. The summed E-state index contributed by atoms with van der Waals surface area (Å²) in [7, 11) is 0. The van der Waals surface area contributed by atoms with Gasteiger partial charge >= 0.3 is 0 Å². The molecule has 1 rings (SSSR count). The second-order valence-electron chi connectivity index (χ2n) is 4.56. The van der Waals surface area contributed by atoms with E-state index in [9.17, 15) is 4.79 Å². The van der Waals surface area contributed by atoms with Crippen LogP contribution < -0.4 is 11.1 Å². The van der Waals surface area contributed by atoms with Crippen LogP contribution in [-0.4, -0.2) is 42.5 Å². The molecule has 1 heterocycles. The molecular weight excluding hydrogens is 190 g/mol. The topological polar surface area (TPSA) is 58.4 Å². The molecular formula is C11H23N3O. The zero-order chi connectivity index (χ0) is 11.3. The number of nitrogens with two attached hydrogens (primary N) is 1. The average molecular weight is 213 g/mol. The number of piperidine rings is 1. The van der Waals surface area contributed by atoms with Crippen LogP contribution in [0.3, 0.4) is 0 Å². The standard InChI is InChI=1S/C11H23N3O/c1-9(13-11(15)10(2)12)8-14-6-4-3-5-7-14/h9-10H,3-8,12H2,1-2H3,(H,13,15). The predicted molar refractivity (Wildman–Crippen MR) is 61.5 cm³/mol. The molecule has 1 fully saturated rings. The van der Waals surface area contributed by atoms with Crippen LogP contribution in [0.5, 0.6) is 0 Å². The Hall–Kier alpha value is -0.610. The summed E-state index contributed by atoms with van der Waals surface area (Å²) >= 11 is 0. The number of nitrogens with one attached hydrogen (secondary N) is 1. The lowest BCUT2D eigenvalue weighted by molar-refractivity contribution is -0.122. The summed E-state index contributed by atoms with van der Waals surface area (Å²) in [6.45, 7) is 7.02. The van der Waals surface area contributed by atoms with E-state index in [2.05, 4.69) is 10.2 Å². The van der Waals surface area contributed by atoms with Gasteiger partial charge in [-0.15, -0.1) is 0 Å². The van der Waals surface area contributed by atoms with Crippen molar-refractivity contribution >= 4 is 5.91 Å². The van der Waals surface area contributed by atoms with Gasteiger partial charge in [-0.2, -0.15) is 0 Å². The Morgan fingerprint density at radius 3 is 2.47 bits per heavy atom. The fraction of sp³-hybridized carbons (Fsp3) is 0.909. The van der Waals surface area contributed by atoms with E-state index in [1.54, 1.807) is 6.92 Å². The molecule has 1 saturated heterocycles. The summed E-state index contributed by atoms with van der Waals surface area (Å²) in [6.07, 6.45) is 3.92.